The summed E-state index contributed by atoms with van der Waals surface area (Å²) in [5.41, 5.74) is 1.04. The van der Waals surface area contributed by atoms with Crippen LogP contribution in [0.25, 0.3) is 0 Å². The molecule has 0 amide bonds. The summed E-state index contributed by atoms with van der Waals surface area (Å²) >= 11 is 1.31. The first kappa shape index (κ1) is 15.9. The monoisotopic (exact) mass is 316 g/mol. The van der Waals surface area contributed by atoms with Crippen LogP contribution in [0.5, 0.6) is 0 Å². The molecule has 0 aromatic carbocycles. The average molecular weight is 316 g/mol. The van der Waals surface area contributed by atoms with Gasteiger partial charge in [-0.1, -0.05) is 26.7 Å². The third-order valence-electron chi connectivity index (χ3n) is 3.89. The van der Waals surface area contributed by atoms with Crippen LogP contribution in [0.15, 0.2) is 15.7 Å². The van der Waals surface area contributed by atoms with Gasteiger partial charge in [0, 0.05) is 12.6 Å². The van der Waals surface area contributed by atoms with Crippen LogP contribution >= 0.6 is 11.3 Å². The van der Waals surface area contributed by atoms with Crippen LogP contribution in [0.4, 0.5) is 0 Å². The molecule has 1 fully saturated rings. The molecule has 2 unspecified atom stereocenters. The third-order valence-corrected chi connectivity index (χ3v) is 6.87. The Hall–Kier alpha value is -0.430. The van der Waals surface area contributed by atoms with Crippen molar-refractivity contribution >= 4 is 21.4 Å². The fourth-order valence-electron chi connectivity index (χ4n) is 2.60. The van der Waals surface area contributed by atoms with Gasteiger partial charge in [0.15, 0.2) is 0 Å². The summed E-state index contributed by atoms with van der Waals surface area (Å²) in [7, 11) is -3.36. The van der Waals surface area contributed by atoms with Crippen LogP contribution in [0, 0.1) is 5.92 Å². The maximum atomic E-state index is 12.4. The Morgan fingerprint density at radius 1 is 1.35 bits per heavy atom. The molecule has 0 saturated heterocycles. The molecule has 1 heterocycles. The summed E-state index contributed by atoms with van der Waals surface area (Å²) in [5, 5.41) is 5.13. The Morgan fingerprint density at radius 3 is 2.80 bits per heavy atom. The smallest absolute Gasteiger partial charge is 0.250 e. The zero-order chi connectivity index (χ0) is 14.6. The highest BCUT2D eigenvalue weighted by Crippen LogP contribution is 2.27. The first-order valence-electron chi connectivity index (χ1n) is 7.33. The third kappa shape index (κ3) is 4.04. The van der Waals surface area contributed by atoms with Crippen molar-refractivity contribution in [1.29, 1.82) is 0 Å². The molecule has 1 aliphatic carbocycles. The average Bonchev–Trinajstić information content (AvgIpc) is 2.88. The van der Waals surface area contributed by atoms with Crippen molar-refractivity contribution in [2.75, 3.05) is 6.54 Å². The predicted molar refractivity (Wildman–Crippen MR) is 83.4 cm³/mol. The second-order valence-electron chi connectivity index (χ2n) is 5.54. The minimum absolute atomic E-state index is 0.0908. The second kappa shape index (κ2) is 7.02. The van der Waals surface area contributed by atoms with E-state index in [-0.39, 0.29) is 6.04 Å². The van der Waals surface area contributed by atoms with E-state index in [1.54, 1.807) is 6.07 Å². The number of nitrogens with one attached hydrogen (secondary N) is 2. The highest BCUT2D eigenvalue weighted by atomic mass is 32.2. The Kier molecular flexibility index (Phi) is 5.60. The van der Waals surface area contributed by atoms with E-state index >= 15 is 0 Å². The van der Waals surface area contributed by atoms with E-state index in [9.17, 15) is 8.42 Å². The van der Waals surface area contributed by atoms with E-state index in [2.05, 4.69) is 17.0 Å². The zero-order valence-electron chi connectivity index (χ0n) is 12.2. The zero-order valence-corrected chi connectivity index (χ0v) is 13.8. The van der Waals surface area contributed by atoms with Crippen LogP contribution in [0.3, 0.4) is 0 Å². The SMILES string of the molecule is CCNCc1csc(S(=O)(=O)NC2CCCCC2C)c1. The van der Waals surface area contributed by atoms with E-state index in [0.717, 1.165) is 37.9 Å². The Bertz CT molecular complexity index is 525. The standard InChI is InChI=1S/C14H24N2O2S2/c1-3-15-9-12-8-14(19-10-12)20(17,18)16-13-7-5-4-6-11(13)2/h8,10-11,13,15-16H,3-7,9H2,1-2H3. The van der Waals surface area contributed by atoms with Crippen molar-refractivity contribution in [3.63, 3.8) is 0 Å². The molecule has 114 valence electrons. The maximum absolute atomic E-state index is 12.4. The number of hydrogen-bond acceptors (Lipinski definition) is 4. The van der Waals surface area contributed by atoms with E-state index in [0.29, 0.717) is 10.1 Å². The van der Waals surface area contributed by atoms with Gasteiger partial charge in [-0.15, -0.1) is 11.3 Å². The Labute approximate surface area is 126 Å². The molecule has 4 nitrogen and oxygen atoms in total. The van der Waals surface area contributed by atoms with E-state index in [1.165, 1.54) is 17.8 Å². The van der Waals surface area contributed by atoms with Crippen LogP contribution in [0.1, 0.15) is 45.1 Å². The van der Waals surface area contributed by atoms with Gasteiger partial charge in [0.1, 0.15) is 4.21 Å². The molecule has 2 N–H and O–H groups in total. The van der Waals surface area contributed by atoms with Gasteiger partial charge in [-0.25, -0.2) is 13.1 Å². The Balaban J connectivity index is 2.03. The van der Waals surface area contributed by atoms with Gasteiger partial charge in [0.25, 0.3) is 0 Å². The molecule has 1 aromatic heterocycles. The van der Waals surface area contributed by atoms with Crippen molar-refractivity contribution in [1.82, 2.24) is 10.0 Å². The molecular weight excluding hydrogens is 292 g/mol. The number of rotatable bonds is 6. The largest absolute Gasteiger partial charge is 0.313 e. The minimum Gasteiger partial charge on any atom is -0.313 e. The molecule has 0 bridgehead atoms. The van der Waals surface area contributed by atoms with E-state index in [1.807, 2.05) is 12.3 Å². The lowest BCUT2D eigenvalue weighted by atomic mass is 9.87. The number of sulfonamides is 1. The molecule has 0 radical (unpaired) electrons. The topological polar surface area (TPSA) is 58.2 Å². The van der Waals surface area contributed by atoms with Crippen molar-refractivity contribution < 1.29 is 8.42 Å². The van der Waals surface area contributed by atoms with Crippen molar-refractivity contribution in [3.8, 4) is 0 Å². The Morgan fingerprint density at radius 2 is 2.10 bits per heavy atom. The lowest BCUT2D eigenvalue weighted by Gasteiger charge is -2.28. The second-order valence-corrected chi connectivity index (χ2v) is 8.40. The van der Waals surface area contributed by atoms with Gasteiger partial charge in [-0.3, -0.25) is 0 Å². The lowest BCUT2D eigenvalue weighted by molar-refractivity contribution is 0.310. The molecular formula is C14H24N2O2S2. The highest BCUT2D eigenvalue weighted by molar-refractivity contribution is 7.91. The van der Waals surface area contributed by atoms with Crippen LogP contribution in [-0.2, 0) is 16.6 Å². The van der Waals surface area contributed by atoms with Crippen LogP contribution < -0.4 is 10.0 Å². The fraction of sp³-hybridized carbons (Fsp3) is 0.714. The van der Waals surface area contributed by atoms with Gasteiger partial charge in [0.05, 0.1) is 0 Å². The van der Waals surface area contributed by atoms with Crippen molar-refractivity contribution in [3.05, 3.63) is 17.0 Å². The van der Waals surface area contributed by atoms with E-state index < -0.39 is 10.0 Å². The number of thiophene rings is 1. The summed E-state index contributed by atoms with van der Waals surface area (Å²) < 4.78 is 28.2. The van der Waals surface area contributed by atoms with Crippen LogP contribution in [-0.4, -0.2) is 21.0 Å². The molecule has 20 heavy (non-hydrogen) atoms. The van der Waals surface area contributed by atoms with Gasteiger partial charge in [-0.2, -0.15) is 0 Å². The first-order chi connectivity index (χ1) is 9.53. The summed E-state index contributed by atoms with van der Waals surface area (Å²) in [6.07, 6.45) is 4.40. The first-order valence-corrected chi connectivity index (χ1v) is 9.69. The molecule has 1 saturated carbocycles. The summed E-state index contributed by atoms with van der Waals surface area (Å²) in [4.78, 5) is 0. The fourth-order valence-corrected chi connectivity index (χ4v) is 5.21. The molecule has 1 aromatic rings. The van der Waals surface area contributed by atoms with E-state index in [4.69, 9.17) is 0 Å². The predicted octanol–water partition coefficient (Wildman–Crippen LogP) is 2.71. The summed E-state index contributed by atoms with van der Waals surface area (Å²) in [6.45, 7) is 5.78. The number of hydrogen-bond donors (Lipinski definition) is 2. The molecule has 0 spiro atoms. The lowest BCUT2D eigenvalue weighted by Crippen LogP contribution is -2.40. The van der Waals surface area contributed by atoms with Gasteiger partial charge in [-0.05, 0) is 42.3 Å². The van der Waals surface area contributed by atoms with Gasteiger partial charge in [0.2, 0.25) is 10.0 Å². The van der Waals surface area contributed by atoms with Gasteiger partial charge >= 0.3 is 0 Å². The molecule has 2 rings (SSSR count). The summed E-state index contributed by atoms with van der Waals surface area (Å²) in [6, 6.07) is 1.87. The molecule has 6 heteroatoms. The quantitative estimate of drug-likeness (QED) is 0.848. The molecule has 0 aliphatic heterocycles. The maximum Gasteiger partial charge on any atom is 0.250 e. The highest BCUT2D eigenvalue weighted by Gasteiger charge is 2.27. The minimum atomic E-state index is -3.36. The summed E-state index contributed by atoms with van der Waals surface area (Å²) in [5.74, 6) is 0.430. The molecule has 1 aliphatic rings. The van der Waals surface area contributed by atoms with Crippen LogP contribution in [0.2, 0.25) is 0 Å². The van der Waals surface area contributed by atoms with Gasteiger partial charge < -0.3 is 5.32 Å². The van der Waals surface area contributed by atoms with Crippen molar-refractivity contribution in [2.24, 2.45) is 5.92 Å². The normalized spacial score (nSPS) is 23.9. The van der Waals surface area contributed by atoms with Crippen molar-refractivity contribution in [2.45, 2.75) is 56.3 Å². The molecule has 2 atom stereocenters.